The number of alkyl carbamates (subject to hydrolysis) is 1. The lowest BCUT2D eigenvalue weighted by atomic mass is 10.2. The summed E-state index contributed by atoms with van der Waals surface area (Å²) in [5.74, 6) is 0. The van der Waals surface area contributed by atoms with Crippen LogP contribution in [0, 0.1) is 0 Å². The van der Waals surface area contributed by atoms with Gasteiger partial charge in [0.25, 0.3) is 0 Å². The summed E-state index contributed by atoms with van der Waals surface area (Å²) in [7, 11) is 0. The van der Waals surface area contributed by atoms with E-state index >= 15 is 0 Å². The molecule has 88 valence electrons. The molecular weight excluding hydrogens is 206 g/mol. The lowest BCUT2D eigenvalue weighted by Crippen LogP contribution is -2.26. The van der Waals surface area contributed by atoms with Crippen molar-refractivity contribution in [3.63, 3.8) is 0 Å². The van der Waals surface area contributed by atoms with E-state index in [4.69, 9.17) is 9.47 Å². The highest BCUT2D eigenvalue weighted by Crippen LogP contribution is 2.00. The molecule has 0 spiro atoms. The first-order valence-corrected chi connectivity index (χ1v) is 5.35. The van der Waals surface area contributed by atoms with Gasteiger partial charge >= 0.3 is 6.09 Å². The molecule has 0 aliphatic carbocycles. The van der Waals surface area contributed by atoms with E-state index < -0.39 is 6.09 Å². The molecule has 1 amide bonds. The van der Waals surface area contributed by atoms with Gasteiger partial charge in [-0.3, -0.25) is 5.32 Å². The van der Waals surface area contributed by atoms with Gasteiger partial charge in [0.2, 0.25) is 0 Å². The van der Waals surface area contributed by atoms with Crippen molar-refractivity contribution in [2.24, 2.45) is 0 Å². The zero-order valence-corrected chi connectivity index (χ0v) is 9.44. The van der Waals surface area contributed by atoms with E-state index in [1.807, 2.05) is 37.3 Å². The Kier molecular flexibility index (Phi) is 6.03. The van der Waals surface area contributed by atoms with Crippen molar-refractivity contribution in [3.8, 4) is 0 Å². The van der Waals surface area contributed by atoms with Gasteiger partial charge in [-0.05, 0) is 12.0 Å². The molecule has 0 aliphatic rings. The fourth-order valence-corrected chi connectivity index (χ4v) is 1.10. The molecule has 0 bridgehead atoms. The van der Waals surface area contributed by atoms with Crippen LogP contribution in [0.4, 0.5) is 4.79 Å². The van der Waals surface area contributed by atoms with Crippen LogP contribution in [0.1, 0.15) is 18.9 Å². The standard InChI is InChI=1S/C12H17NO3/c1-2-8-15-10-13-12(14)16-9-11-6-4-3-5-7-11/h3-7H,2,8-10H2,1H3,(H,13,14). The lowest BCUT2D eigenvalue weighted by Gasteiger charge is -2.07. The third-order valence-corrected chi connectivity index (χ3v) is 1.88. The zero-order valence-electron chi connectivity index (χ0n) is 9.44. The largest absolute Gasteiger partial charge is 0.445 e. The highest BCUT2D eigenvalue weighted by molar-refractivity contribution is 5.66. The number of nitrogens with one attached hydrogen (secondary N) is 1. The van der Waals surface area contributed by atoms with Crippen molar-refractivity contribution >= 4 is 6.09 Å². The molecule has 0 fully saturated rings. The van der Waals surface area contributed by atoms with Gasteiger partial charge in [-0.25, -0.2) is 4.79 Å². The molecule has 0 radical (unpaired) electrons. The molecule has 0 heterocycles. The van der Waals surface area contributed by atoms with Crippen molar-refractivity contribution in [2.45, 2.75) is 20.0 Å². The van der Waals surface area contributed by atoms with Crippen LogP contribution < -0.4 is 5.32 Å². The molecular formula is C12H17NO3. The van der Waals surface area contributed by atoms with E-state index in [-0.39, 0.29) is 13.3 Å². The van der Waals surface area contributed by atoms with Crippen molar-refractivity contribution in [1.82, 2.24) is 5.32 Å². The number of hydrogen-bond acceptors (Lipinski definition) is 3. The van der Waals surface area contributed by atoms with Crippen LogP contribution in [0.15, 0.2) is 30.3 Å². The number of carbonyl (C=O) groups excluding carboxylic acids is 1. The maximum atomic E-state index is 11.2. The monoisotopic (exact) mass is 223 g/mol. The average molecular weight is 223 g/mol. The molecule has 0 aliphatic heterocycles. The summed E-state index contributed by atoms with van der Waals surface area (Å²) < 4.78 is 10.1. The molecule has 0 atom stereocenters. The number of ether oxygens (including phenoxy) is 2. The molecule has 1 aromatic rings. The first-order valence-electron chi connectivity index (χ1n) is 5.35. The first-order chi connectivity index (χ1) is 7.83. The highest BCUT2D eigenvalue weighted by Gasteiger charge is 2.00. The van der Waals surface area contributed by atoms with Gasteiger partial charge in [0, 0.05) is 6.61 Å². The maximum Gasteiger partial charge on any atom is 0.409 e. The molecule has 1 rings (SSSR count). The van der Waals surface area contributed by atoms with Crippen LogP contribution in [-0.4, -0.2) is 19.4 Å². The fourth-order valence-electron chi connectivity index (χ4n) is 1.10. The molecule has 4 heteroatoms. The molecule has 0 unspecified atom stereocenters. The van der Waals surface area contributed by atoms with Gasteiger partial charge in [0.15, 0.2) is 0 Å². The van der Waals surface area contributed by atoms with E-state index in [2.05, 4.69) is 5.32 Å². The summed E-state index contributed by atoms with van der Waals surface area (Å²) in [6, 6.07) is 9.53. The highest BCUT2D eigenvalue weighted by atomic mass is 16.6. The first kappa shape index (κ1) is 12.5. The Balaban J connectivity index is 2.11. The number of carbonyl (C=O) groups is 1. The lowest BCUT2D eigenvalue weighted by molar-refractivity contribution is 0.0929. The number of hydrogen-bond donors (Lipinski definition) is 1. The number of rotatable bonds is 6. The summed E-state index contributed by atoms with van der Waals surface area (Å²) in [4.78, 5) is 11.2. The van der Waals surface area contributed by atoms with Gasteiger partial charge in [0.1, 0.15) is 13.3 Å². The predicted octanol–water partition coefficient (Wildman–Crippen LogP) is 2.30. The second-order valence-corrected chi connectivity index (χ2v) is 3.29. The van der Waals surface area contributed by atoms with Gasteiger partial charge in [-0.15, -0.1) is 0 Å². The van der Waals surface area contributed by atoms with Crippen molar-refractivity contribution in [1.29, 1.82) is 0 Å². The summed E-state index contributed by atoms with van der Waals surface area (Å²) in [6.07, 6.45) is 0.473. The second kappa shape index (κ2) is 7.70. The Morgan fingerprint density at radius 2 is 2.06 bits per heavy atom. The molecule has 0 saturated carbocycles. The summed E-state index contributed by atoms with van der Waals surface area (Å²) in [6.45, 7) is 3.12. The van der Waals surface area contributed by atoms with Crippen LogP contribution in [0.3, 0.4) is 0 Å². The Bertz CT molecular complexity index is 300. The van der Waals surface area contributed by atoms with E-state index in [1.54, 1.807) is 0 Å². The Morgan fingerprint density at radius 3 is 2.75 bits per heavy atom. The maximum absolute atomic E-state index is 11.2. The van der Waals surface area contributed by atoms with E-state index in [1.165, 1.54) is 0 Å². The zero-order chi connectivity index (χ0) is 11.6. The topological polar surface area (TPSA) is 47.6 Å². The van der Waals surface area contributed by atoms with Crippen molar-refractivity contribution in [2.75, 3.05) is 13.3 Å². The van der Waals surface area contributed by atoms with Gasteiger partial charge in [-0.2, -0.15) is 0 Å². The number of benzene rings is 1. The molecule has 0 aromatic heterocycles. The van der Waals surface area contributed by atoms with Gasteiger partial charge in [0.05, 0.1) is 0 Å². The third-order valence-electron chi connectivity index (χ3n) is 1.88. The minimum Gasteiger partial charge on any atom is -0.445 e. The predicted molar refractivity (Wildman–Crippen MR) is 60.9 cm³/mol. The van der Waals surface area contributed by atoms with Gasteiger partial charge in [-0.1, -0.05) is 37.3 Å². The van der Waals surface area contributed by atoms with E-state index in [0.717, 1.165) is 12.0 Å². The molecule has 1 aromatic carbocycles. The Labute approximate surface area is 95.6 Å². The molecule has 4 nitrogen and oxygen atoms in total. The van der Waals surface area contributed by atoms with Crippen molar-refractivity contribution in [3.05, 3.63) is 35.9 Å². The second-order valence-electron chi connectivity index (χ2n) is 3.29. The normalized spacial score (nSPS) is 9.81. The fraction of sp³-hybridized carbons (Fsp3) is 0.417. The van der Waals surface area contributed by atoms with E-state index in [9.17, 15) is 4.79 Å². The summed E-state index contributed by atoms with van der Waals surface area (Å²) in [5, 5.41) is 2.50. The van der Waals surface area contributed by atoms with Crippen LogP contribution in [-0.2, 0) is 16.1 Å². The molecule has 1 N–H and O–H groups in total. The Morgan fingerprint density at radius 1 is 1.31 bits per heavy atom. The minimum absolute atomic E-state index is 0.196. The van der Waals surface area contributed by atoms with Crippen LogP contribution in [0.25, 0.3) is 0 Å². The van der Waals surface area contributed by atoms with Crippen LogP contribution >= 0.6 is 0 Å². The summed E-state index contributed by atoms with van der Waals surface area (Å²) >= 11 is 0. The summed E-state index contributed by atoms with van der Waals surface area (Å²) in [5.41, 5.74) is 0.965. The van der Waals surface area contributed by atoms with E-state index in [0.29, 0.717) is 6.61 Å². The Hall–Kier alpha value is -1.55. The third kappa shape index (κ3) is 5.36. The molecule has 0 saturated heterocycles. The average Bonchev–Trinajstić information content (AvgIpc) is 2.33. The van der Waals surface area contributed by atoms with Crippen LogP contribution in [0.5, 0.6) is 0 Å². The number of amides is 1. The smallest absolute Gasteiger partial charge is 0.409 e. The SMILES string of the molecule is CCCOCNC(=O)OCc1ccccc1. The van der Waals surface area contributed by atoms with Crippen molar-refractivity contribution < 1.29 is 14.3 Å². The molecule has 16 heavy (non-hydrogen) atoms. The van der Waals surface area contributed by atoms with Crippen LogP contribution in [0.2, 0.25) is 0 Å². The minimum atomic E-state index is -0.458. The van der Waals surface area contributed by atoms with Gasteiger partial charge < -0.3 is 9.47 Å². The quantitative estimate of drug-likeness (QED) is 0.594.